The second kappa shape index (κ2) is 19.2. The SMILES string of the molecule is COC(c1ccccn1)(c1ccccn1)c1cccc(C(OC)(c2ccccn2)c2ccccn2)n1.O=S(=O)([O-])C(F)(F)F.O=S(=O)([O-])C(F)(F)F.[Fe+2].[OH3+]. The minimum atomic E-state index is -6.09. The number of ether oxygens (including phenoxy) is 2. The molecule has 14 nitrogen and oxygen atoms in total. The summed E-state index contributed by atoms with van der Waals surface area (Å²) < 4.78 is 130. The summed E-state index contributed by atoms with van der Waals surface area (Å²) in [6.45, 7) is 0. The van der Waals surface area contributed by atoms with Crippen LogP contribution in [0.1, 0.15) is 34.2 Å². The van der Waals surface area contributed by atoms with Gasteiger partial charge in [0.05, 0.1) is 34.2 Å². The molecule has 54 heavy (non-hydrogen) atoms. The fourth-order valence-corrected chi connectivity index (χ4v) is 4.53. The third-order valence-corrected chi connectivity index (χ3v) is 7.89. The van der Waals surface area contributed by atoms with Crippen molar-refractivity contribution in [3.8, 4) is 0 Å². The molecule has 0 saturated heterocycles. The van der Waals surface area contributed by atoms with Crippen LogP contribution in [0.2, 0.25) is 0 Å². The summed E-state index contributed by atoms with van der Waals surface area (Å²) >= 11 is 0. The molecule has 5 aromatic rings. The van der Waals surface area contributed by atoms with E-state index in [0.29, 0.717) is 34.2 Å². The smallest absolute Gasteiger partial charge is 0.741 e. The Kier molecular flexibility index (Phi) is 16.9. The van der Waals surface area contributed by atoms with Crippen molar-refractivity contribution in [1.82, 2.24) is 24.9 Å². The summed E-state index contributed by atoms with van der Waals surface area (Å²) in [7, 11) is -8.91. The maximum absolute atomic E-state index is 10.7. The van der Waals surface area contributed by atoms with Crippen LogP contribution in [0.15, 0.2) is 116 Å². The molecular formula is C31H28F6FeN5O9S2+. The normalized spacial score (nSPS) is 12.0. The minimum absolute atomic E-state index is 0. The average molecular weight is 849 g/mol. The van der Waals surface area contributed by atoms with Crippen molar-refractivity contribution >= 4 is 20.2 Å². The van der Waals surface area contributed by atoms with Gasteiger partial charge in [-0.05, 0) is 60.7 Å². The molecule has 0 spiro atoms. The Labute approximate surface area is 315 Å². The van der Waals surface area contributed by atoms with Crippen molar-refractivity contribution in [2.45, 2.75) is 22.2 Å². The van der Waals surface area contributed by atoms with E-state index in [9.17, 15) is 26.3 Å². The number of rotatable bonds is 8. The van der Waals surface area contributed by atoms with Crippen molar-refractivity contribution in [3.05, 3.63) is 150 Å². The van der Waals surface area contributed by atoms with E-state index in [1.807, 2.05) is 91.0 Å². The summed E-state index contributed by atoms with van der Waals surface area (Å²) in [4.78, 5) is 23.7. The molecule has 5 heterocycles. The number of aromatic nitrogens is 5. The third kappa shape index (κ3) is 10.8. The Hall–Kier alpha value is -4.45. The Morgan fingerprint density at radius 2 is 0.704 bits per heavy atom. The molecule has 5 aromatic heterocycles. The van der Waals surface area contributed by atoms with Crippen LogP contribution >= 0.6 is 0 Å². The number of halogens is 6. The van der Waals surface area contributed by atoms with Gasteiger partial charge < -0.3 is 24.1 Å². The Morgan fingerprint density at radius 1 is 0.481 bits per heavy atom. The zero-order valence-electron chi connectivity index (χ0n) is 27.5. The first-order valence-corrected chi connectivity index (χ1v) is 16.9. The molecule has 23 heteroatoms. The van der Waals surface area contributed by atoms with Crippen molar-refractivity contribution in [2.24, 2.45) is 0 Å². The van der Waals surface area contributed by atoms with Crippen LogP contribution < -0.4 is 0 Å². The predicted molar refractivity (Wildman–Crippen MR) is 171 cm³/mol. The predicted octanol–water partition coefficient (Wildman–Crippen LogP) is 3.72. The minimum Gasteiger partial charge on any atom is -0.741 e. The van der Waals surface area contributed by atoms with Crippen molar-refractivity contribution < 1.29 is 84.3 Å². The van der Waals surface area contributed by atoms with Crippen LogP contribution in [-0.4, -0.2) is 76.1 Å². The van der Waals surface area contributed by atoms with Crippen molar-refractivity contribution in [2.75, 3.05) is 14.2 Å². The summed E-state index contributed by atoms with van der Waals surface area (Å²) in [6, 6.07) is 28.5. The van der Waals surface area contributed by atoms with E-state index in [4.69, 9.17) is 40.4 Å². The van der Waals surface area contributed by atoms with Gasteiger partial charge in [-0.25, -0.2) is 21.8 Å². The van der Waals surface area contributed by atoms with E-state index < -0.39 is 42.5 Å². The molecular weight excluding hydrogens is 820 g/mol. The summed E-state index contributed by atoms with van der Waals surface area (Å²) in [6.07, 6.45) is 6.93. The molecule has 0 saturated carbocycles. The van der Waals surface area contributed by atoms with E-state index in [-0.39, 0.29) is 22.5 Å². The zero-order valence-corrected chi connectivity index (χ0v) is 30.2. The topological polar surface area (TPSA) is 230 Å². The number of nitrogens with zero attached hydrogens (tertiary/aromatic N) is 5. The standard InChI is InChI=1S/C29H25N5O2.2CHF3O3S.Fe.H2O/c1-35-28(22-12-3-7-18-30-22,23-13-4-8-19-31-23)26-16-11-17-27(34-26)29(36-2,24-14-5-9-20-32-24)25-15-6-10-21-33-25;2*2-1(3,4)8(5,6)7;;/h3-21H,1-2H3;2*(H,5,6,7);;1H2/q;;;+2;/p-1. The van der Waals surface area contributed by atoms with Gasteiger partial charge in [0, 0.05) is 39.0 Å². The average Bonchev–Trinajstić information content (AvgIpc) is 3.11. The van der Waals surface area contributed by atoms with E-state index in [1.54, 1.807) is 39.0 Å². The van der Waals surface area contributed by atoms with Gasteiger partial charge in [0.15, 0.2) is 31.4 Å². The van der Waals surface area contributed by atoms with Crippen molar-refractivity contribution in [1.29, 1.82) is 0 Å². The summed E-state index contributed by atoms with van der Waals surface area (Å²) in [5.41, 5.74) is -9.76. The fourth-order valence-electron chi connectivity index (χ4n) is 4.53. The maximum Gasteiger partial charge on any atom is 2.00 e. The monoisotopic (exact) mass is 848 g/mol. The second-order valence-electron chi connectivity index (χ2n) is 9.84. The molecule has 0 aliphatic carbocycles. The first kappa shape index (κ1) is 47.6. The van der Waals surface area contributed by atoms with Crippen molar-refractivity contribution in [3.63, 3.8) is 0 Å². The van der Waals surface area contributed by atoms with Crippen LogP contribution in [0.5, 0.6) is 0 Å². The van der Waals surface area contributed by atoms with E-state index in [2.05, 4.69) is 19.9 Å². The molecule has 3 N–H and O–H groups in total. The summed E-state index contributed by atoms with van der Waals surface area (Å²) in [5.74, 6) is 0. The third-order valence-electron chi connectivity index (χ3n) is 6.75. The molecule has 0 aliphatic rings. The van der Waals surface area contributed by atoms with E-state index >= 15 is 0 Å². The Morgan fingerprint density at radius 3 is 0.870 bits per heavy atom. The Bertz CT molecular complexity index is 1880. The first-order chi connectivity index (χ1) is 24.3. The molecule has 292 valence electrons. The van der Waals surface area contributed by atoms with Crippen LogP contribution in [0, 0.1) is 0 Å². The number of hydrogen-bond donors (Lipinski definition) is 0. The van der Waals surface area contributed by atoms with E-state index in [1.165, 1.54) is 0 Å². The number of methoxy groups -OCH3 is 2. The fraction of sp³-hybridized carbons (Fsp3) is 0.194. The summed E-state index contributed by atoms with van der Waals surface area (Å²) in [5, 5.41) is 0. The van der Waals surface area contributed by atoms with Gasteiger partial charge >= 0.3 is 28.1 Å². The Balaban J connectivity index is 0.000000682. The molecule has 0 fully saturated rings. The molecule has 0 aromatic carbocycles. The molecule has 0 unspecified atom stereocenters. The van der Waals surface area contributed by atoms with Crippen LogP contribution in [-0.2, 0) is 63.5 Å². The van der Waals surface area contributed by atoms with Gasteiger partial charge in [0.2, 0.25) is 0 Å². The number of hydrogen-bond acceptors (Lipinski definition) is 13. The van der Waals surface area contributed by atoms with E-state index in [0.717, 1.165) is 0 Å². The molecule has 0 amide bonds. The molecule has 0 bridgehead atoms. The molecule has 5 rings (SSSR count). The second-order valence-corrected chi connectivity index (χ2v) is 12.6. The van der Waals surface area contributed by atoms with Gasteiger partial charge in [-0.15, -0.1) is 0 Å². The largest absolute Gasteiger partial charge is 2.00 e. The molecule has 0 atom stereocenters. The maximum atomic E-state index is 10.7. The van der Waals surface area contributed by atoms with Gasteiger partial charge in [-0.2, -0.15) is 26.3 Å². The van der Waals surface area contributed by atoms with Gasteiger partial charge in [-0.1, -0.05) is 30.3 Å². The van der Waals surface area contributed by atoms with Gasteiger partial charge in [0.1, 0.15) is 0 Å². The van der Waals surface area contributed by atoms with Gasteiger partial charge in [-0.3, -0.25) is 19.9 Å². The molecule has 0 aliphatic heterocycles. The van der Waals surface area contributed by atoms with Crippen LogP contribution in [0.25, 0.3) is 0 Å². The van der Waals surface area contributed by atoms with Crippen LogP contribution in [0.4, 0.5) is 26.3 Å². The van der Waals surface area contributed by atoms with Crippen LogP contribution in [0.3, 0.4) is 0 Å². The molecule has 0 radical (unpaired) electrons. The number of pyridine rings is 5. The quantitative estimate of drug-likeness (QED) is 0.0714. The zero-order chi connectivity index (χ0) is 38.8. The number of alkyl halides is 6. The van der Waals surface area contributed by atoms with Gasteiger partial charge in [0.25, 0.3) is 0 Å². The first-order valence-electron chi connectivity index (χ1n) is 14.0.